The van der Waals surface area contributed by atoms with Crippen LogP contribution in [0.2, 0.25) is 0 Å². The van der Waals surface area contributed by atoms with Crippen molar-refractivity contribution in [1.29, 1.82) is 0 Å². The molecule has 4 heteroatoms. The lowest BCUT2D eigenvalue weighted by molar-refractivity contribution is -0.131. The van der Waals surface area contributed by atoms with Crippen LogP contribution in [0, 0.1) is 17.8 Å². The van der Waals surface area contributed by atoms with E-state index < -0.39 is 0 Å². The zero-order valence-corrected chi connectivity index (χ0v) is 16.4. The molecule has 0 aromatic heterocycles. The van der Waals surface area contributed by atoms with Crippen molar-refractivity contribution in [3.05, 3.63) is 0 Å². The predicted octanol–water partition coefficient (Wildman–Crippen LogP) is 4.37. The standard InChI is InChI=1S/C20H32BrNO2/c21-18-10-8-15(9-11-18)19(23)14-22-12-4-7-17(13-22)20(24)16-5-2-1-3-6-16/h15-18H,1-14H2. The third-order valence-electron chi connectivity index (χ3n) is 6.41. The molecule has 0 spiro atoms. The Bertz CT molecular complexity index is 439. The number of ketones is 2. The van der Waals surface area contributed by atoms with Crippen molar-refractivity contribution in [3.8, 4) is 0 Å². The molecule has 1 atom stereocenters. The number of likely N-dealkylation sites (tertiary alicyclic amines) is 1. The molecule has 3 fully saturated rings. The Balaban J connectivity index is 1.48. The molecular formula is C20H32BrNO2. The molecule has 0 aromatic carbocycles. The minimum Gasteiger partial charge on any atom is -0.299 e. The summed E-state index contributed by atoms with van der Waals surface area (Å²) < 4.78 is 0. The number of alkyl halides is 1. The summed E-state index contributed by atoms with van der Waals surface area (Å²) in [5.74, 6) is 1.68. The summed E-state index contributed by atoms with van der Waals surface area (Å²) in [5, 5.41) is 0. The quantitative estimate of drug-likeness (QED) is 0.646. The van der Waals surface area contributed by atoms with E-state index in [2.05, 4.69) is 20.8 Å². The van der Waals surface area contributed by atoms with E-state index in [0.717, 1.165) is 64.5 Å². The highest BCUT2D eigenvalue weighted by Gasteiger charge is 2.33. The van der Waals surface area contributed by atoms with Crippen LogP contribution in [-0.2, 0) is 9.59 Å². The average Bonchev–Trinajstić information content (AvgIpc) is 2.62. The third kappa shape index (κ3) is 4.91. The van der Waals surface area contributed by atoms with Gasteiger partial charge in [-0.05, 0) is 57.9 Å². The van der Waals surface area contributed by atoms with Gasteiger partial charge in [-0.15, -0.1) is 0 Å². The minimum atomic E-state index is 0.188. The molecule has 0 N–H and O–H groups in total. The smallest absolute Gasteiger partial charge is 0.149 e. The second kappa shape index (κ2) is 8.93. The van der Waals surface area contributed by atoms with E-state index >= 15 is 0 Å². The summed E-state index contributed by atoms with van der Waals surface area (Å²) in [7, 11) is 0. The number of hydrogen-bond donors (Lipinski definition) is 0. The van der Waals surface area contributed by atoms with Gasteiger partial charge in [-0.3, -0.25) is 14.5 Å². The first-order valence-electron chi connectivity index (χ1n) is 10.1. The molecule has 3 aliphatic rings. The summed E-state index contributed by atoms with van der Waals surface area (Å²) in [5.41, 5.74) is 0. The maximum Gasteiger partial charge on any atom is 0.149 e. The highest BCUT2D eigenvalue weighted by molar-refractivity contribution is 9.09. The second-order valence-corrected chi connectivity index (χ2v) is 9.52. The summed E-state index contributed by atoms with van der Waals surface area (Å²) in [6.45, 7) is 2.40. The van der Waals surface area contributed by atoms with Gasteiger partial charge in [-0.1, -0.05) is 35.2 Å². The normalized spacial score (nSPS) is 33.3. The zero-order valence-electron chi connectivity index (χ0n) is 14.9. The molecule has 0 amide bonds. The Labute approximate surface area is 155 Å². The number of carbonyl (C=O) groups is 2. The molecule has 3 nitrogen and oxygen atoms in total. The number of halogens is 1. The molecule has 2 saturated carbocycles. The Morgan fingerprint density at radius 3 is 2.17 bits per heavy atom. The second-order valence-electron chi connectivity index (χ2n) is 8.23. The number of piperidine rings is 1. The highest BCUT2D eigenvalue weighted by atomic mass is 79.9. The average molecular weight is 398 g/mol. The third-order valence-corrected chi connectivity index (χ3v) is 7.32. The number of Topliss-reactive ketones (excluding diaryl/α,β-unsaturated/α-hetero) is 2. The van der Waals surface area contributed by atoms with Gasteiger partial charge in [0.05, 0.1) is 6.54 Å². The summed E-state index contributed by atoms with van der Waals surface area (Å²) in [6, 6.07) is 0. The van der Waals surface area contributed by atoms with Gasteiger partial charge in [-0.25, -0.2) is 0 Å². The van der Waals surface area contributed by atoms with Crippen LogP contribution >= 0.6 is 15.9 Å². The van der Waals surface area contributed by atoms with Crippen LogP contribution in [-0.4, -0.2) is 40.9 Å². The summed E-state index contributed by atoms with van der Waals surface area (Å²) in [6.07, 6.45) is 12.4. The van der Waals surface area contributed by atoms with E-state index in [1.807, 2.05) is 0 Å². The van der Waals surface area contributed by atoms with Crippen LogP contribution < -0.4 is 0 Å². The number of hydrogen-bond acceptors (Lipinski definition) is 3. The van der Waals surface area contributed by atoms with E-state index in [1.54, 1.807) is 0 Å². The van der Waals surface area contributed by atoms with Gasteiger partial charge in [-0.2, -0.15) is 0 Å². The van der Waals surface area contributed by atoms with Gasteiger partial charge >= 0.3 is 0 Å². The molecule has 1 heterocycles. The zero-order chi connectivity index (χ0) is 16.9. The van der Waals surface area contributed by atoms with Crippen LogP contribution in [0.4, 0.5) is 0 Å². The van der Waals surface area contributed by atoms with Crippen molar-refractivity contribution in [2.45, 2.75) is 75.5 Å². The van der Waals surface area contributed by atoms with Gasteiger partial charge in [0.15, 0.2) is 0 Å². The van der Waals surface area contributed by atoms with E-state index in [1.165, 1.54) is 19.3 Å². The van der Waals surface area contributed by atoms with E-state index in [0.29, 0.717) is 28.9 Å². The molecule has 0 radical (unpaired) electrons. The van der Waals surface area contributed by atoms with Gasteiger partial charge in [0.2, 0.25) is 0 Å². The fraction of sp³-hybridized carbons (Fsp3) is 0.900. The van der Waals surface area contributed by atoms with Crippen molar-refractivity contribution >= 4 is 27.5 Å². The molecule has 1 aliphatic heterocycles. The van der Waals surface area contributed by atoms with Gasteiger partial charge < -0.3 is 0 Å². The Hall–Kier alpha value is -0.220. The van der Waals surface area contributed by atoms with Gasteiger partial charge in [0.1, 0.15) is 11.6 Å². The highest BCUT2D eigenvalue weighted by Crippen LogP contribution is 2.31. The molecule has 0 aromatic rings. The van der Waals surface area contributed by atoms with Crippen molar-refractivity contribution in [3.63, 3.8) is 0 Å². The maximum absolute atomic E-state index is 12.8. The van der Waals surface area contributed by atoms with Gasteiger partial charge in [0.25, 0.3) is 0 Å². The lowest BCUT2D eigenvalue weighted by atomic mass is 9.79. The Morgan fingerprint density at radius 2 is 1.46 bits per heavy atom. The lowest BCUT2D eigenvalue weighted by Crippen LogP contribution is -2.44. The summed E-state index contributed by atoms with van der Waals surface area (Å²) >= 11 is 3.67. The fourth-order valence-corrected chi connectivity index (χ4v) is 5.40. The van der Waals surface area contributed by atoms with Crippen molar-refractivity contribution < 1.29 is 9.59 Å². The lowest BCUT2D eigenvalue weighted by Gasteiger charge is -2.35. The Kier molecular flexibility index (Phi) is 6.91. The molecule has 136 valence electrons. The molecule has 3 rings (SSSR count). The monoisotopic (exact) mass is 397 g/mol. The first kappa shape index (κ1) is 18.6. The molecule has 0 bridgehead atoms. The van der Waals surface area contributed by atoms with Crippen LogP contribution in [0.15, 0.2) is 0 Å². The fourth-order valence-electron chi connectivity index (χ4n) is 4.88. The van der Waals surface area contributed by atoms with Crippen LogP contribution in [0.5, 0.6) is 0 Å². The van der Waals surface area contributed by atoms with Crippen LogP contribution in [0.3, 0.4) is 0 Å². The van der Waals surface area contributed by atoms with Crippen LogP contribution in [0.1, 0.15) is 70.6 Å². The number of carbonyl (C=O) groups excluding carboxylic acids is 2. The van der Waals surface area contributed by atoms with Gasteiger partial charge in [0, 0.05) is 29.1 Å². The summed E-state index contributed by atoms with van der Waals surface area (Å²) in [4.78, 5) is 28.3. The SMILES string of the molecule is O=C(CN1CCCC(C(=O)C2CCCCC2)C1)C1CCC(Br)CC1. The predicted molar refractivity (Wildman–Crippen MR) is 100 cm³/mol. The molecule has 2 aliphatic carbocycles. The Morgan fingerprint density at radius 1 is 0.792 bits per heavy atom. The minimum absolute atomic E-state index is 0.188. The largest absolute Gasteiger partial charge is 0.299 e. The maximum atomic E-state index is 12.8. The van der Waals surface area contributed by atoms with Crippen molar-refractivity contribution in [2.24, 2.45) is 17.8 Å². The van der Waals surface area contributed by atoms with E-state index in [9.17, 15) is 9.59 Å². The van der Waals surface area contributed by atoms with Crippen LogP contribution in [0.25, 0.3) is 0 Å². The number of rotatable bonds is 5. The van der Waals surface area contributed by atoms with E-state index in [4.69, 9.17) is 0 Å². The van der Waals surface area contributed by atoms with E-state index in [-0.39, 0.29) is 11.8 Å². The first-order chi connectivity index (χ1) is 11.6. The first-order valence-corrected chi connectivity index (χ1v) is 11.0. The van der Waals surface area contributed by atoms with Crippen molar-refractivity contribution in [2.75, 3.05) is 19.6 Å². The molecule has 24 heavy (non-hydrogen) atoms. The molecule has 1 saturated heterocycles. The molecule has 1 unspecified atom stereocenters. The number of nitrogens with zero attached hydrogens (tertiary/aromatic N) is 1. The van der Waals surface area contributed by atoms with Crippen molar-refractivity contribution in [1.82, 2.24) is 4.90 Å². The molecular weight excluding hydrogens is 366 g/mol. The topological polar surface area (TPSA) is 37.4 Å².